The van der Waals surface area contributed by atoms with Crippen LogP contribution in [0.4, 0.5) is 8.78 Å². The van der Waals surface area contributed by atoms with E-state index in [1.54, 1.807) is 13.8 Å². The van der Waals surface area contributed by atoms with Crippen LogP contribution in [-0.4, -0.2) is 11.1 Å². The molecule has 1 N–H and O–H groups in total. The summed E-state index contributed by atoms with van der Waals surface area (Å²) in [6.45, 7) is 3.13. The van der Waals surface area contributed by atoms with E-state index < -0.39 is 23.5 Å². The van der Waals surface area contributed by atoms with Gasteiger partial charge in [-0.3, -0.25) is 4.79 Å². The van der Waals surface area contributed by atoms with Crippen LogP contribution in [0, 0.1) is 18.6 Å². The van der Waals surface area contributed by atoms with E-state index in [0.717, 1.165) is 12.1 Å². The zero-order chi connectivity index (χ0) is 11.6. The quantitative estimate of drug-likeness (QED) is 0.840. The number of carbonyl (C=O) groups is 1. The average molecular weight is 214 g/mol. The molecule has 1 aromatic rings. The summed E-state index contributed by atoms with van der Waals surface area (Å²) in [6, 6.07) is 2.29. The highest BCUT2D eigenvalue weighted by Crippen LogP contribution is 2.26. The van der Waals surface area contributed by atoms with Gasteiger partial charge in [-0.05, 0) is 31.0 Å². The summed E-state index contributed by atoms with van der Waals surface area (Å²) >= 11 is 0. The summed E-state index contributed by atoms with van der Waals surface area (Å²) in [7, 11) is 0. The molecule has 82 valence electrons. The van der Waals surface area contributed by atoms with Gasteiger partial charge < -0.3 is 5.11 Å². The second kappa shape index (κ2) is 4.38. The first-order valence-corrected chi connectivity index (χ1v) is 4.65. The number of hydrogen-bond donors (Lipinski definition) is 1. The van der Waals surface area contributed by atoms with Gasteiger partial charge in [-0.25, -0.2) is 8.78 Å². The lowest BCUT2D eigenvalue weighted by atomic mass is 9.94. The Bertz CT molecular complexity index is 365. The van der Waals surface area contributed by atoms with Gasteiger partial charge in [0.15, 0.2) is 0 Å². The molecule has 0 fully saturated rings. The first kappa shape index (κ1) is 11.6. The molecular formula is C11H12F2O2. The zero-order valence-corrected chi connectivity index (χ0v) is 8.55. The van der Waals surface area contributed by atoms with Gasteiger partial charge in [0.1, 0.15) is 11.6 Å². The second-order valence-corrected chi connectivity index (χ2v) is 3.44. The van der Waals surface area contributed by atoms with Gasteiger partial charge in [0.25, 0.3) is 0 Å². The van der Waals surface area contributed by atoms with Crippen LogP contribution in [0.3, 0.4) is 0 Å². The summed E-state index contributed by atoms with van der Waals surface area (Å²) in [4.78, 5) is 10.8. The molecule has 0 saturated heterocycles. The maximum absolute atomic E-state index is 13.4. The highest BCUT2D eigenvalue weighted by molar-refractivity contribution is 5.76. The molecule has 0 radical (unpaired) electrons. The monoisotopic (exact) mass is 214 g/mol. The number of rotatable bonds is 3. The van der Waals surface area contributed by atoms with Crippen LogP contribution in [-0.2, 0) is 4.79 Å². The molecule has 1 unspecified atom stereocenters. The van der Waals surface area contributed by atoms with Gasteiger partial charge >= 0.3 is 5.97 Å². The SMILES string of the molecule is CCC(C(=O)O)c1c(F)cc(C)cc1F. The molecule has 0 aromatic heterocycles. The van der Waals surface area contributed by atoms with Crippen LogP contribution < -0.4 is 0 Å². The Balaban J connectivity index is 3.29. The molecule has 15 heavy (non-hydrogen) atoms. The van der Waals surface area contributed by atoms with E-state index >= 15 is 0 Å². The van der Waals surface area contributed by atoms with Gasteiger partial charge in [-0.1, -0.05) is 6.92 Å². The van der Waals surface area contributed by atoms with Gasteiger partial charge in [0.05, 0.1) is 5.92 Å². The Morgan fingerprint density at radius 3 is 2.20 bits per heavy atom. The third-order valence-electron chi connectivity index (χ3n) is 2.28. The summed E-state index contributed by atoms with van der Waals surface area (Å²) in [5.41, 5.74) is 0.0876. The fraction of sp³-hybridized carbons (Fsp3) is 0.364. The molecule has 2 nitrogen and oxygen atoms in total. The van der Waals surface area contributed by atoms with Crippen LogP contribution in [0.2, 0.25) is 0 Å². The Hall–Kier alpha value is -1.45. The molecule has 1 aromatic carbocycles. The minimum Gasteiger partial charge on any atom is -0.481 e. The minimum absolute atomic E-state index is 0.159. The van der Waals surface area contributed by atoms with Gasteiger partial charge in [0.2, 0.25) is 0 Å². The van der Waals surface area contributed by atoms with E-state index in [4.69, 9.17) is 5.11 Å². The summed E-state index contributed by atoms with van der Waals surface area (Å²) in [5, 5.41) is 8.81. The predicted molar refractivity (Wildman–Crippen MR) is 51.8 cm³/mol. The summed E-state index contributed by atoms with van der Waals surface area (Å²) < 4.78 is 26.8. The molecular weight excluding hydrogens is 202 g/mol. The van der Waals surface area contributed by atoms with Crippen molar-refractivity contribution in [3.8, 4) is 0 Å². The van der Waals surface area contributed by atoms with Crippen LogP contribution in [0.25, 0.3) is 0 Å². The largest absolute Gasteiger partial charge is 0.481 e. The van der Waals surface area contributed by atoms with E-state index in [1.807, 2.05) is 0 Å². The molecule has 0 spiro atoms. The normalized spacial score (nSPS) is 12.5. The summed E-state index contributed by atoms with van der Waals surface area (Å²) in [6.07, 6.45) is 0.159. The molecule has 0 amide bonds. The van der Waals surface area contributed by atoms with Crippen molar-refractivity contribution in [3.05, 3.63) is 34.9 Å². The predicted octanol–water partition coefficient (Wildman–Crippen LogP) is 2.85. The minimum atomic E-state index is -1.21. The van der Waals surface area contributed by atoms with Crippen molar-refractivity contribution in [2.75, 3.05) is 0 Å². The maximum atomic E-state index is 13.4. The zero-order valence-electron chi connectivity index (χ0n) is 8.55. The maximum Gasteiger partial charge on any atom is 0.311 e. The van der Waals surface area contributed by atoms with Crippen molar-refractivity contribution in [2.45, 2.75) is 26.2 Å². The Morgan fingerprint density at radius 1 is 1.40 bits per heavy atom. The van der Waals surface area contributed by atoms with Crippen molar-refractivity contribution in [2.24, 2.45) is 0 Å². The molecule has 0 aliphatic carbocycles. The standard InChI is InChI=1S/C11H12F2O2/c1-3-7(11(14)15)10-8(12)4-6(2)5-9(10)13/h4-5,7H,3H2,1-2H3,(H,14,15). The first-order valence-electron chi connectivity index (χ1n) is 4.65. The number of hydrogen-bond acceptors (Lipinski definition) is 1. The van der Waals surface area contributed by atoms with E-state index in [2.05, 4.69) is 0 Å². The second-order valence-electron chi connectivity index (χ2n) is 3.44. The van der Waals surface area contributed by atoms with Crippen molar-refractivity contribution < 1.29 is 18.7 Å². The smallest absolute Gasteiger partial charge is 0.311 e. The molecule has 0 bridgehead atoms. The van der Waals surface area contributed by atoms with Crippen molar-refractivity contribution >= 4 is 5.97 Å². The highest BCUT2D eigenvalue weighted by atomic mass is 19.1. The van der Waals surface area contributed by atoms with E-state index in [1.165, 1.54) is 0 Å². The molecule has 1 atom stereocenters. The van der Waals surface area contributed by atoms with Crippen LogP contribution in [0.5, 0.6) is 0 Å². The lowest BCUT2D eigenvalue weighted by Crippen LogP contribution is -2.14. The van der Waals surface area contributed by atoms with E-state index in [9.17, 15) is 13.6 Å². The van der Waals surface area contributed by atoms with E-state index in [0.29, 0.717) is 5.56 Å². The number of carboxylic acid groups (broad SMARTS) is 1. The number of aryl methyl sites for hydroxylation is 1. The number of carboxylic acids is 1. The lowest BCUT2D eigenvalue weighted by molar-refractivity contribution is -0.139. The van der Waals surface area contributed by atoms with Crippen molar-refractivity contribution in [1.82, 2.24) is 0 Å². The third kappa shape index (κ3) is 2.32. The topological polar surface area (TPSA) is 37.3 Å². The molecule has 0 aliphatic rings. The summed E-state index contributed by atoms with van der Waals surface area (Å²) in [5.74, 6) is -3.91. The number of benzene rings is 1. The fourth-order valence-electron chi connectivity index (χ4n) is 1.55. The molecule has 0 heterocycles. The van der Waals surface area contributed by atoms with Gasteiger partial charge in [-0.2, -0.15) is 0 Å². The van der Waals surface area contributed by atoms with Crippen LogP contribution in [0.15, 0.2) is 12.1 Å². The number of aliphatic carboxylic acids is 1. The average Bonchev–Trinajstić information content (AvgIpc) is 2.09. The highest BCUT2D eigenvalue weighted by Gasteiger charge is 2.25. The van der Waals surface area contributed by atoms with Crippen molar-refractivity contribution in [3.63, 3.8) is 0 Å². The van der Waals surface area contributed by atoms with E-state index in [-0.39, 0.29) is 12.0 Å². The lowest BCUT2D eigenvalue weighted by Gasteiger charge is -2.12. The molecule has 4 heteroatoms. The molecule has 0 saturated carbocycles. The number of halogens is 2. The third-order valence-corrected chi connectivity index (χ3v) is 2.28. The fourth-order valence-corrected chi connectivity index (χ4v) is 1.55. The van der Waals surface area contributed by atoms with Gasteiger partial charge in [-0.15, -0.1) is 0 Å². The first-order chi connectivity index (χ1) is 6.97. The Morgan fingerprint density at radius 2 is 1.87 bits per heavy atom. The van der Waals surface area contributed by atoms with Crippen LogP contribution in [0.1, 0.15) is 30.4 Å². The molecule has 0 aliphatic heterocycles. The van der Waals surface area contributed by atoms with Crippen molar-refractivity contribution in [1.29, 1.82) is 0 Å². The Labute approximate surface area is 86.5 Å². The molecule has 1 rings (SSSR count). The van der Waals surface area contributed by atoms with Gasteiger partial charge in [0, 0.05) is 5.56 Å². The Kier molecular flexibility index (Phi) is 3.39. The van der Waals surface area contributed by atoms with Crippen LogP contribution >= 0.6 is 0 Å².